The van der Waals surface area contributed by atoms with Crippen molar-refractivity contribution >= 4 is 80.0 Å². The number of nitro benzene ring substituents is 1. The van der Waals surface area contributed by atoms with Gasteiger partial charge in [-0.05, 0) is 86.1 Å². The number of methoxy groups -OCH3 is 1. The van der Waals surface area contributed by atoms with Crippen LogP contribution in [-0.4, -0.2) is 51.0 Å². The summed E-state index contributed by atoms with van der Waals surface area (Å²) < 4.78 is 19.0. The third kappa shape index (κ3) is 7.39. The summed E-state index contributed by atoms with van der Waals surface area (Å²) in [5.41, 5.74) is 1.39. The summed E-state index contributed by atoms with van der Waals surface area (Å²) in [5.74, 6) is 0.626. The second-order valence-electron chi connectivity index (χ2n) is 10.9. The summed E-state index contributed by atoms with van der Waals surface area (Å²) in [4.78, 5) is 49.0. The average Bonchev–Trinajstić information content (AvgIpc) is 3.68. The van der Waals surface area contributed by atoms with Gasteiger partial charge in [-0.25, -0.2) is 14.8 Å². The van der Waals surface area contributed by atoms with E-state index >= 15 is 0 Å². The predicted molar refractivity (Wildman–Crippen MR) is 201 cm³/mol. The van der Waals surface area contributed by atoms with Gasteiger partial charge in [0, 0.05) is 21.1 Å². The first-order chi connectivity index (χ1) is 24.9. The first kappa shape index (κ1) is 37.3. The van der Waals surface area contributed by atoms with Gasteiger partial charge in [-0.15, -0.1) is 5.10 Å². The zero-order chi connectivity index (χ0) is 37.3. The lowest BCUT2D eigenvalue weighted by molar-refractivity contribution is -0.387. The molecule has 3 aromatic carbocycles. The molecule has 1 aliphatic heterocycles. The molecule has 3 heterocycles. The Bertz CT molecular complexity index is 2460. The SMILES string of the molecule is CCOC(=O)C1=C(C)N=c2s/c(=C/c3ccc(Sc4n[nH]c(-c5ccc(Cl)cc5Cl)n4)c([N+](=O)[O-])c3)c(=O)n2[C@H]1c1cc(OCC)c(OC)cc1Br. The molecule has 0 unspecified atom stereocenters. The largest absolute Gasteiger partial charge is 0.493 e. The number of benzene rings is 3. The van der Waals surface area contributed by atoms with Crippen molar-refractivity contribution in [3.63, 3.8) is 0 Å². The Morgan fingerprint density at radius 1 is 1.15 bits per heavy atom. The van der Waals surface area contributed by atoms with E-state index in [1.54, 1.807) is 62.4 Å². The van der Waals surface area contributed by atoms with Crippen molar-refractivity contribution < 1.29 is 23.9 Å². The lowest BCUT2D eigenvalue weighted by atomic mass is 9.95. The number of fused-ring (bicyclic) bond motifs is 1. The average molecular weight is 847 g/mol. The Morgan fingerprint density at radius 2 is 1.94 bits per heavy atom. The van der Waals surface area contributed by atoms with E-state index in [0.29, 0.717) is 65.6 Å². The number of rotatable bonds is 11. The summed E-state index contributed by atoms with van der Waals surface area (Å²) in [6.45, 7) is 5.66. The standard InChI is InChI=1S/C34H27BrCl2N6O7S2/c1-5-49-25-14-20(21(35)15-24(25)48-4)29-28(32(45)50-6-2)16(3)38-34-42(29)31(44)27(52-34)12-17-7-10-26(23(11-17)43(46)47)51-33-39-30(40-41-33)19-9-8-18(36)13-22(19)37/h7-15,29H,5-6H2,1-4H3,(H,39,40,41)/b27-12+/t29-/m0/s1. The van der Waals surface area contributed by atoms with Crippen LogP contribution in [0.15, 0.2) is 84.1 Å². The Morgan fingerprint density at radius 3 is 2.63 bits per heavy atom. The van der Waals surface area contributed by atoms with Crippen LogP contribution in [0.3, 0.4) is 0 Å². The monoisotopic (exact) mass is 844 g/mol. The molecule has 6 rings (SSSR count). The van der Waals surface area contributed by atoms with Gasteiger partial charge in [0.1, 0.15) is 0 Å². The van der Waals surface area contributed by atoms with E-state index in [-0.39, 0.29) is 32.5 Å². The van der Waals surface area contributed by atoms with Gasteiger partial charge < -0.3 is 14.2 Å². The molecule has 0 aliphatic carbocycles. The molecule has 5 aromatic rings. The molecule has 0 fully saturated rings. The molecule has 0 bridgehead atoms. The van der Waals surface area contributed by atoms with Crippen LogP contribution in [0, 0.1) is 10.1 Å². The zero-order valence-electron chi connectivity index (χ0n) is 27.7. The molecule has 268 valence electrons. The van der Waals surface area contributed by atoms with Crippen molar-refractivity contribution in [2.45, 2.75) is 36.9 Å². The van der Waals surface area contributed by atoms with Crippen LogP contribution in [0.25, 0.3) is 17.5 Å². The molecule has 1 atom stereocenters. The van der Waals surface area contributed by atoms with Gasteiger partial charge in [-0.3, -0.25) is 24.6 Å². The molecule has 2 aromatic heterocycles. The fourth-order valence-electron chi connectivity index (χ4n) is 5.47. The Labute approximate surface area is 322 Å². The minimum absolute atomic E-state index is 0.113. The lowest BCUT2D eigenvalue weighted by Gasteiger charge is -2.26. The van der Waals surface area contributed by atoms with Crippen LogP contribution in [0.2, 0.25) is 10.0 Å². The number of aromatic amines is 1. The van der Waals surface area contributed by atoms with Gasteiger partial charge >= 0.3 is 5.97 Å². The molecule has 0 radical (unpaired) electrons. The summed E-state index contributed by atoms with van der Waals surface area (Å²) in [6, 6.07) is 12.0. The molecule has 13 nitrogen and oxygen atoms in total. The van der Waals surface area contributed by atoms with Gasteiger partial charge in [0.05, 0.1) is 57.0 Å². The van der Waals surface area contributed by atoms with Crippen molar-refractivity contribution in [3.05, 3.63) is 115 Å². The number of hydrogen-bond donors (Lipinski definition) is 1. The van der Waals surface area contributed by atoms with Crippen molar-refractivity contribution in [2.75, 3.05) is 20.3 Å². The molecule has 0 spiro atoms. The van der Waals surface area contributed by atoms with Gasteiger partial charge in [-0.2, -0.15) is 0 Å². The first-order valence-corrected chi connectivity index (χ1v) is 18.7. The number of H-pyrrole nitrogens is 1. The third-order valence-corrected chi connectivity index (χ3v) is 10.9. The number of ether oxygens (including phenoxy) is 3. The van der Waals surface area contributed by atoms with E-state index in [0.717, 1.165) is 23.1 Å². The number of nitro groups is 1. The van der Waals surface area contributed by atoms with E-state index in [9.17, 15) is 19.7 Å². The zero-order valence-corrected chi connectivity index (χ0v) is 32.5. The third-order valence-electron chi connectivity index (χ3n) is 7.72. The number of nitrogens with one attached hydrogen (secondary N) is 1. The van der Waals surface area contributed by atoms with Gasteiger partial charge in [0.2, 0.25) is 5.16 Å². The number of carbonyl (C=O) groups excluding carboxylic acids is 1. The Hall–Kier alpha value is -4.48. The fourth-order valence-corrected chi connectivity index (χ4v) is 8.35. The van der Waals surface area contributed by atoms with Crippen molar-refractivity contribution in [2.24, 2.45) is 4.99 Å². The number of carbonyl (C=O) groups is 1. The van der Waals surface area contributed by atoms with Crippen LogP contribution >= 0.6 is 62.2 Å². The van der Waals surface area contributed by atoms with Crippen LogP contribution in [0.5, 0.6) is 11.5 Å². The first-order valence-electron chi connectivity index (χ1n) is 15.5. The second-order valence-corrected chi connectivity index (χ2v) is 14.7. The number of thiazole rings is 1. The highest BCUT2D eigenvalue weighted by Crippen LogP contribution is 2.41. The number of halogens is 3. The Kier molecular flexibility index (Phi) is 11.2. The molecule has 1 N–H and O–H groups in total. The normalized spacial score (nSPS) is 14.2. The number of aromatic nitrogens is 4. The Balaban J connectivity index is 1.42. The second kappa shape index (κ2) is 15.6. The lowest BCUT2D eigenvalue weighted by Crippen LogP contribution is -2.40. The van der Waals surface area contributed by atoms with E-state index < -0.39 is 22.5 Å². The molecule has 52 heavy (non-hydrogen) atoms. The van der Waals surface area contributed by atoms with Crippen LogP contribution in [-0.2, 0) is 9.53 Å². The van der Waals surface area contributed by atoms with Crippen LogP contribution in [0.4, 0.5) is 5.69 Å². The predicted octanol–water partition coefficient (Wildman–Crippen LogP) is 7.12. The molecule has 1 aliphatic rings. The van der Waals surface area contributed by atoms with E-state index in [1.165, 1.54) is 17.7 Å². The van der Waals surface area contributed by atoms with Crippen LogP contribution < -0.4 is 24.4 Å². The van der Waals surface area contributed by atoms with Gasteiger partial charge in [0.25, 0.3) is 11.2 Å². The van der Waals surface area contributed by atoms with Crippen molar-refractivity contribution in [3.8, 4) is 22.9 Å². The van der Waals surface area contributed by atoms with Gasteiger partial charge in [-0.1, -0.05) is 56.5 Å². The minimum atomic E-state index is -0.945. The summed E-state index contributed by atoms with van der Waals surface area (Å²) >= 11 is 18.0. The molecule has 0 amide bonds. The van der Waals surface area contributed by atoms with E-state index in [4.69, 9.17) is 37.4 Å². The molecule has 18 heteroatoms. The van der Waals surface area contributed by atoms with Gasteiger partial charge in [0.15, 0.2) is 22.1 Å². The summed E-state index contributed by atoms with van der Waals surface area (Å²) in [5, 5.41) is 20.3. The van der Waals surface area contributed by atoms with E-state index in [2.05, 4.69) is 36.1 Å². The highest BCUT2D eigenvalue weighted by atomic mass is 79.9. The van der Waals surface area contributed by atoms with E-state index in [1.807, 2.05) is 6.92 Å². The van der Waals surface area contributed by atoms with Crippen molar-refractivity contribution in [1.29, 1.82) is 0 Å². The minimum Gasteiger partial charge on any atom is -0.493 e. The maximum absolute atomic E-state index is 14.2. The van der Waals surface area contributed by atoms with Crippen LogP contribution in [0.1, 0.15) is 37.9 Å². The smallest absolute Gasteiger partial charge is 0.338 e. The molecule has 0 saturated heterocycles. The maximum atomic E-state index is 14.2. The fraction of sp³-hybridized carbons (Fsp3) is 0.206. The van der Waals surface area contributed by atoms with Crippen molar-refractivity contribution in [1.82, 2.24) is 19.7 Å². The number of esters is 1. The highest BCUT2D eigenvalue weighted by molar-refractivity contribution is 9.10. The summed E-state index contributed by atoms with van der Waals surface area (Å²) in [6.07, 6.45) is 1.55. The number of hydrogen-bond acceptors (Lipinski definition) is 12. The topological polar surface area (TPSA) is 164 Å². The quantitative estimate of drug-likeness (QED) is 0.0823. The molecule has 0 saturated carbocycles. The maximum Gasteiger partial charge on any atom is 0.338 e. The summed E-state index contributed by atoms with van der Waals surface area (Å²) in [7, 11) is 1.51. The number of allylic oxidation sites excluding steroid dienone is 1. The molecular formula is C34H27BrCl2N6O7S2. The number of nitrogens with zero attached hydrogens (tertiary/aromatic N) is 5. The highest BCUT2D eigenvalue weighted by Gasteiger charge is 2.35. The molecular weight excluding hydrogens is 819 g/mol.